The molecule has 0 atom stereocenters. The monoisotopic (exact) mass is 341 g/mol. The molecule has 3 rings (SSSR count). The maximum absolute atomic E-state index is 14.1. The number of amides is 2. The lowest BCUT2D eigenvalue weighted by Crippen LogP contribution is -2.40. The Bertz CT molecular complexity index is 616. The predicted octanol–water partition coefficient (Wildman–Crippen LogP) is 2.13. The summed E-state index contributed by atoms with van der Waals surface area (Å²) in [4.78, 5) is 23.6. The van der Waals surface area contributed by atoms with Crippen molar-refractivity contribution in [2.24, 2.45) is 5.73 Å². The van der Waals surface area contributed by atoms with Crippen molar-refractivity contribution in [1.29, 1.82) is 0 Å². The van der Waals surface area contributed by atoms with E-state index in [4.69, 9.17) is 5.73 Å². The molecule has 1 aromatic rings. The Morgan fingerprint density at radius 3 is 2.61 bits per heavy atom. The van der Waals surface area contributed by atoms with E-state index in [1.165, 1.54) is 6.07 Å². The van der Waals surface area contributed by atoms with Crippen LogP contribution in [0, 0.1) is 5.82 Å². The number of carbonyl (C=O) groups is 2. The third-order valence-corrected chi connectivity index (χ3v) is 4.44. The van der Waals surface area contributed by atoms with Crippen molar-refractivity contribution in [3.63, 3.8) is 0 Å². The van der Waals surface area contributed by atoms with Crippen LogP contribution in [-0.4, -0.2) is 23.9 Å². The fraction of sp³-hybridized carbons (Fsp3) is 0.500. The summed E-state index contributed by atoms with van der Waals surface area (Å²) in [5.41, 5.74) is 7.16. The number of carbonyl (C=O) groups excluding carboxylic acids is 2. The molecule has 1 saturated carbocycles. The van der Waals surface area contributed by atoms with E-state index in [1.54, 1.807) is 6.07 Å². The van der Waals surface area contributed by atoms with E-state index < -0.39 is 11.7 Å². The Morgan fingerprint density at radius 2 is 1.91 bits per heavy atom. The van der Waals surface area contributed by atoms with Gasteiger partial charge in [-0.2, -0.15) is 0 Å². The van der Waals surface area contributed by atoms with Crippen molar-refractivity contribution < 1.29 is 14.0 Å². The first-order valence-corrected chi connectivity index (χ1v) is 7.71. The SMILES string of the molecule is Cl.NC1CCC(NC(=O)c2cc3c(cc2F)NC(=O)CC3)CC1. The van der Waals surface area contributed by atoms with Gasteiger partial charge in [0.15, 0.2) is 0 Å². The van der Waals surface area contributed by atoms with Crippen molar-refractivity contribution in [3.05, 3.63) is 29.1 Å². The van der Waals surface area contributed by atoms with Gasteiger partial charge in [-0.05, 0) is 49.8 Å². The molecular formula is C16H21ClFN3O2. The van der Waals surface area contributed by atoms with Gasteiger partial charge in [0.25, 0.3) is 5.91 Å². The van der Waals surface area contributed by atoms with Crippen LogP contribution < -0.4 is 16.4 Å². The maximum atomic E-state index is 14.1. The second-order valence-corrected chi connectivity index (χ2v) is 6.12. The second-order valence-electron chi connectivity index (χ2n) is 6.12. The lowest BCUT2D eigenvalue weighted by molar-refractivity contribution is -0.116. The summed E-state index contributed by atoms with van der Waals surface area (Å²) in [5, 5.41) is 5.52. The Morgan fingerprint density at radius 1 is 1.22 bits per heavy atom. The average molecular weight is 342 g/mol. The highest BCUT2D eigenvalue weighted by Crippen LogP contribution is 2.26. The van der Waals surface area contributed by atoms with Gasteiger partial charge in [0.05, 0.1) is 5.56 Å². The molecular weight excluding hydrogens is 321 g/mol. The van der Waals surface area contributed by atoms with E-state index in [2.05, 4.69) is 10.6 Å². The number of nitrogens with two attached hydrogens (primary N) is 1. The number of halogens is 2. The number of hydrogen-bond acceptors (Lipinski definition) is 3. The summed E-state index contributed by atoms with van der Waals surface area (Å²) < 4.78 is 14.1. The first kappa shape index (κ1) is 17.7. The molecule has 1 heterocycles. The number of anilines is 1. The van der Waals surface area contributed by atoms with E-state index in [0.717, 1.165) is 31.2 Å². The van der Waals surface area contributed by atoms with E-state index in [1.807, 2.05) is 0 Å². The summed E-state index contributed by atoms with van der Waals surface area (Å²) in [5.74, 6) is -1.12. The van der Waals surface area contributed by atoms with E-state index in [-0.39, 0.29) is 36.0 Å². The molecule has 0 aromatic heterocycles. The molecule has 2 aliphatic rings. The van der Waals surface area contributed by atoms with Crippen molar-refractivity contribution in [3.8, 4) is 0 Å². The third kappa shape index (κ3) is 4.00. The van der Waals surface area contributed by atoms with Gasteiger partial charge in [0, 0.05) is 24.2 Å². The number of aryl methyl sites for hydroxylation is 1. The summed E-state index contributed by atoms with van der Waals surface area (Å²) in [7, 11) is 0. The van der Waals surface area contributed by atoms with Crippen LogP contribution in [0.2, 0.25) is 0 Å². The van der Waals surface area contributed by atoms with Gasteiger partial charge in [0.2, 0.25) is 5.91 Å². The van der Waals surface area contributed by atoms with E-state index in [9.17, 15) is 14.0 Å². The highest BCUT2D eigenvalue weighted by Gasteiger charge is 2.24. The summed E-state index contributed by atoms with van der Waals surface area (Å²) >= 11 is 0. The van der Waals surface area contributed by atoms with Crippen LogP contribution in [0.15, 0.2) is 12.1 Å². The van der Waals surface area contributed by atoms with Gasteiger partial charge in [0.1, 0.15) is 5.82 Å². The van der Waals surface area contributed by atoms with E-state index >= 15 is 0 Å². The van der Waals surface area contributed by atoms with E-state index in [0.29, 0.717) is 18.5 Å². The molecule has 1 fully saturated rings. The summed E-state index contributed by atoms with van der Waals surface area (Å²) in [6, 6.07) is 3.05. The smallest absolute Gasteiger partial charge is 0.254 e. The molecule has 1 aliphatic heterocycles. The van der Waals surface area contributed by atoms with Gasteiger partial charge in [-0.15, -0.1) is 12.4 Å². The van der Waals surface area contributed by atoms with Gasteiger partial charge in [-0.3, -0.25) is 9.59 Å². The minimum absolute atomic E-state index is 0. The Labute approximate surface area is 140 Å². The van der Waals surface area contributed by atoms with Crippen LogP contribution in [0.1, 0.15) is 48.0 Å². The molecule has 1 aliphatic carbocycles. The van der Waals surface area contributed by atoms with Crippen molar-refractivity contribution in [1.82, 2.24) is 5.32 Å². The first-order valence-electron chi connectivity index (χ1n) is 7.71. The molecule has 5 nitrogen and oxygen atoms in total. The lowest BCUT2D eigenvalue weighted by Gasteiger charge is -2.27. The number of nitrogens with one attached hydrogen (secondary N) is 2. The minimum atomic E-state index is -0.606. The molecule has 0 saturated heterocycles. The standard InChI is InChI=1S/C16H20FN3O2.ClH/c17-13-8-14-9(1-6-15(21)20-14)7-12(13)16(22)19-11-4-2-10(18)3-5-11;/h7-8,10-11H,1-6,18H2,(H,19,22)(H,20,21);1H. The fourth-order valence-electron chi connectivity index (χ4n) is 3.10. The largest absolute Gasteiger partial charge is 0.349 e. The highest BCUT2D eigenvalue weighted by atomic mass is 35.5. The molecule has 7 heteroatoms. The summed E-state index contributed by atoms with van der Waals surface area (Å²) in [6.45, 7) is 0. The van der Waals surface area contributed by atoms with Gasteiger partial charge in [-0.1, -0.05) is 0 Å². The van der Waals surface area contributed by atoms with Gasteiger partial charge < -0.3 is 16.4 Å². The molecule has 0 unspecified atom stereocenters. The van der Waals surface area contributed by atoms with Crippen LogP contribution in [0.4, 0.5) is 10.1 Å². The molecule has 1 aromatic carbocycles. The number of hydrogen-bond donors (Lipinski definition) is 3. The molecule has 0 bridgehead atoms. The molecule has 4 N–H and O–H groups in total. The zero-order valence-electron chi connectivity index (χ0n) is 12.7. The second kappa shape index (κ2) is 7.27. The third-order valence-electron chi connectivity index (χ3n) is 4.44. The zero-order chi connectivity index (χ0) is 15.7. The molecule has 2 amide bonds. The normalized spacial score (nSPS) is 23.3. The van der Waals surface area contributed by atoms with Gasteiger partial charge in [-0.25, -0.2) is 4.39 Å². The van der Waals surface area contributed by atoms with Crippen molar-refractivity contribution in [2.75, 3.05) is 5.32 Å². The lowest BCUT2D eigenvalue weighted by atomic mass is 9.91. The Balaban J connectivity index is 0.00000192. The number of fused-ring (bicyclic) bond motifs is 1. The van der Waals surface area contributed by atoms with Crippen molar-refractivity contribution >= 4 is 29.9 Å². The quantitative estimate of drug-likeness (QED) is 0.770. The zero-order valence-corrected chi connectivity index (χ0v) is 13.5. The number of benzene rings is 1. The van der Waals surface area contributed by atoms with Crippen LogP contribution in [0.5, 0.6) is 0 Å². The molecule has 23 heavy (non-hydrogen) atoms. The minimum Gasteiger partial charge on any atom is -0.349 e. The highest BCUT2D eigenvalue weighted by molar-refractivity contribution is 5.98. The average Bonchev–Trinajstić information content (AvgIpc) is 2.48. The van der Waals surface area contributed by atoms with Crippen LogP contribution in [0.3, 0.4) is 0 Å². The Kier molecular flexibility index (Phi) is 5.59. The fourth-order valence-corrected chi connectivity index (χ4v) is 3.10. The summed E-state index contributed by atoms with van der Waals surface area (Å²) in [6.07, 6.45) is 4.30. The van der Waals surface area contributed by atoms with Crippen LogP contribution in [0.25, 0.3) is 0 Å². The molecule has 126 valence electrons. The van der Waals surface area contributed by atoms with Gasteiger partial charge >= 0.3 is 0 Å². The topological polar surface area (TPSA) is 84.2 Å². The van der Waals surface area contributed by atoms with Crippen molar-refractivity contribution in [2.45, 2.75) is 50.6 Å². The molecule has 0 spiro atoms. The van der Waals surface area contributed by atoms with Crippen LogP contribution in [-0.2, 0) is 11.2 Å². The molecule has 0 radical (unpaired) electrons. The van der Waals surface area contributed by atoms with Crippen LogP contribution >= 0.6 is 12.4 Å². The maximum Gasteiger partial charge on any atom is 0.254 e. The Hall–Kier alpha value is -1.66. The first-order chi connectivity index (χ1) is 10.5. The predicted molar refractivity (Wildman–Crippen MR) is 88.3 cm³/mol. The number of rotatable bonds is 2.